The molecule has 2 rings (SSSR count). The van der Waals surface area contributed by atoms with Gasteiger partial charge in [-0.15, -0.1) is 0 Å². The van der Waals surface area contributed by atoms with E-state index in [1.165, 1.54) is 7.11 Å². The third kappa shape index (κ3) is 3.19. The summed E-state index contributed by atoms with van der Waals surface area (Å²) in [5.41, 5.74) is 0.0124. The van der Waals surface area contributed by atoms with Crippen molar-refractivity contribution in [2.24, 2.45) is 0 Å². The Kier molecular flexibility index (Phi) is 4.35. The molecular formula is C15H19N3O4. The van der Waals surface area contributed by atoms with E-state index in [9.17, 15) is 14.4 Å². The number of urea groups is 1. The van der Waals surface area contributed by atoms with E-state index in [-0.39, 0.29) is 11.9 Å². The van der Waals surface area contributed by atoms with E-state index in [2.05, 4.69) is 15.4 Å². The first kappa shape index (κ1) is 15.8. The highest BCUT2D eigenvalue weighted by Crippen LogP contribution is 2.17. The Labute approximate surface area is 128 Å². The molecule has 0 aliphatic carbocycles. The van der Waals surface area contributed by atoms with Crippen LogP contribution in [0, 0.1) is 0 Å². The second-order valence-corrected chi connectivity index (χ2v) is 5.50. The number of methoxy groups -OCH3 is 1. The number of ether oxygens (including phenoxy) is 1. The van der Waals surface area contributed by atoms with Gasteiger partial charge in [-0.2, -0.15) is 0 Å². The number of amides is 3. The smallest absolute Gasteiger partial charge is 0.330 e. The van der Waals surface area contributed by atoms with Gasteiger partial charge in [-0.3, -0.25) is 9.69 Å². The number of nitrogens with one attached hydrogen (secondary N) is 2. The average Bonchev–Trinajstić information content (AvgIpc) is 2.92. The Morgan fingerprint density at radius 3 is 2.41 bits per heavy atom. The number of benzene rings is 1. The van der Waals surface area contributed by atoms with Gasteiger partial charge in [0.1, 0.15) is 5.54 Å². The topological polar surface area (TPSA) is 87.7 Å². The van der Waals surface area contributed by atoms with Crippen LogP contribution in [0.4, 0.5) is 10.5 Å². The lowest BCUT2D eigenvalue weighted by Crippen LogP contribution is -2.50. The monoisotopic (exact) mass is 305 g/mol. The molecule has 1 saturated heterocycles. The molecule has 3 amide bonds. The minimum absolute atomic E-state index is 0.149. The Bertz CT molecular complexity index is 595. The van der Waals surface area contributed by atoms with Crippen molar-refractivity contribution in [3.05, 3.63) is 29.8 Å². The van der Waals surface area contributed by atoms with E-state index in [4.69, 9.17) is 0 Å². The predicted molar refractivity (Wildman–Crippen MR) is 80.7 cm³/mol. The van der Waals surface area contributed by atoms with Gasteiger partial charge in [-0.05, 0) is 38.1 Å². The highest BCUT2D eigenvalue weighted by Gasteiger charge is 2.31. The molecule has 7 nitrogen and oxygen atoms in total. The maximum atomic E-state index is 12.2. The summed E-state index contributed by atoms with van der Waals surface area (Å²) in [7, 11) is 1.27. The van der Waals surface area contributed by atoms with E-state index in [0.717, 1.165) is 5.69 Å². The van der Waals surface area contributed by atoms with Gasteiger partial charge in [-0.1, -0.05) is 0 Å². The Morgan fingerprint density at radius 2 is 1.91 bits per heavy atom. The van der Waals surface area contributed by atoms with Crippen LogP contribution in [0.25, 0.3) is 0 Å². The van der Waals surface area contributed by atoms with Crippen LogP contribution in [0.2, 0.25) is 0 Å². The van der Waals surface area contributed by atoms with Gasteiger partial charge in [-0.25, -0.2) is 9.59 Å². The fraction of sp³-hybridized carbons (Fsp3) is 0.400. The van der Waals surface area contributed by atoms with Crippen molar-refractivity contribution in [1.29, 1.82) is 0 Å². The van der Waals surface area contributed by atoms with Crippen LogP contribution < -0.4 is 15.5 Å². The van der Waals surface area contributed by atoms with E-state index < -0.39 is 11.5 Å². The van der Waals surface area contributed by atoms with Gasteiger partial charge >= 0.3 is 12.0 Å². The summed E-state index contributed by atoms with van der Waals surface area (Å²) in [5, 5.41) is 5.33. The van der Waals surface area contributed by atoms with Crippen molar-refractivity contribution < 1.29 is 19.1 Å². The van der Waals surface area contributed by atoms with Crippen molar-refractivity contribution in [1.82, 2.24) is 10.6 Å². The molecule has 1 aliphatic rings. The summed E-state index contributed by atoms with van der Waals surface area (Å²) in [4.78, 5) is 36.9. The summed E-state index contributed by atoms with van der Waals surface area (Å²) in [6.07, 6.45) is 0. The normalized spacial score (nSPS) is 14.5. The number of rotatable bonds is 4. The molecule has 2 N–H and O–H groups in total. The number of hydrogen-bond donors (Lipinski definition) is 2. The lowest BCUT2D eigenvalue weighted by Gasteiger charge is -2.23. The average molecular weight is 305 g/mol. The summed E-state index contributed by atoms with van der Waals surface area (Å²) in [6, 6.07) is 6.48. The fourth-order valence-electron chi connectivity index (χ4n) is 2.17. The van der Waals surface area contributed by atoms with E-state index in [1.54, 1.807) is 43.0 Å². The first-order valence-corrected chi connectivity index (χ1v) is 6.91. The zero-order valence-corrected chi connectivity index (χ0v) is 12.8. The van der Waals surface area contributed by atoms with Gasteiger partial charge in [0.25, 0.3) is 5.91 Å². The highest BCUT2D eigenvalue weighted by atomic mass is 16.5. The van der Waals surface area contributed by atoms with Crippen molar-refractivity contribution in [3.8, 4) is 0 Å². The Balaban J connectivity index is 2.08. The molecule has 1 aromatic rings. The summed E-state index contributed by atoms with van der Waals surface area (Å²) < 4.78 is 4.65. The second kappa shape index (κ2) is 6.05. The van der Waals surface area contributed by atoms with Crippen molar-refractivity contribution in [3.63, 3.8) is 0 Å². The third-order valence-electron chi connectivity index (χ3n) is 3.42. The van der Waals surface area contributed by atoms with Gasteiger partial charge in [0.15, 0.2) is 0 Å². The zero-order valence-electron chi connectivity index (χ0n) is 12.8. The highest BCUT2D eigenvalue weighted by molar-refractivity contribution is 5.99. The van der Waals surface area contributed by atoms with Crippen LogP contribution in [-0.4, -0.2) is 43.6 Å². The van der Waals surface area contributed by atoms with Crippen LogP contribution in [0.15, 0.2) is 24.3 Å². The molecule has 0 unspecified atom stereocenters. The molecular weight excluding hydrogens is 286 g/mol. The van der Waals surface area contributed by atoms with Crippen molar-refractivity contribution in [2.45, 2.75) is 19.4 Å². The molecule has 118 valence electrons. The summed E-state index contributed by atoms with van der Waals surface area (Å²) in [6.45, 7) is 4.34. The van der Waals surface area contributed by atoms with Crippen LogP contribution in [-0.2, 0) is 9.53 Å². The SMILES string of the molecule is COC(=O)C(C)(C)NC(=O)c1ccc(N2CCNC2=O)cc1. The largest absolute Gasteiger partial charge is 0.467 e. The lowest BCUT2D eigenvalue weighted by atomic mass is 10.0. The molecule has 1 heterocycles. The van der Waals surface area contributed by atoms with Crippen LogP contribution >= 0.6 is 0 Å². The molecule has 0 aromatic heterocycles. The standard InChI is InChI=1S/C15H19N3O4/c1-15(2,13(20)22-3)17-12(19)10-4-6-11(7-5-10)18-9-8-16-14(18)21/h4-7H,8-9H2,1-3H3,(H,16,21)(H,17,19). The van der Waals surface area contributed by atoms with E-state index >= 15 is 0 Å². The van der Waals surface area contributed by atoms with Gasteiger partial charge < -0.3 is 15.4 Å². The van der Waals surface area contributed by atoms with Crippen molar-refractivity contribution in [2.75, 3.05) is 25.1 Å². The van der Waals surface area contributed by atoms with E-state index in [1.807, 2.05) is 0 Å². The third-order valence-corrected chi connectivity index (χ3v) is 3.42. The molecule has 0 spiro atoms. The number of anilines is 1. The van der Waals surface area contributed by atoms with E-state index in [0.29, 0.717) is 18.7 Å². The predicted octanol–water partition coefficient (Wildman–Crippen LogP) is 0.898. The molecule has 0 bridgehead atoms. The maximum Gasteiger partial charge on any atom is 0.330 e. The van der Waals surface area contributed by atoms with Gasteiger partial charge in [0, 0.05) is 24.3 Å². The maximum absolute atomic E-state index is 12.2. The first-order chi connectivity index (χ1) is 10.3. The second-order valence-electron chi connectivity index (χ2n) is 5.50. The number of hydrogen-bond acceptors (Lipinski definition) is 4. The number of carbonyl (C=O) groups is 3. The van der Waals surface area contributed by atoms with Crippen molar-refractivity contribution >= 4 is 23.6 Å². The molecule has 7 heteroatoms. The molecule has 1 fully saturated rings. The molecule has 0 saturated carbocycles. The number of esters is 1. The number of nitrogens with zero attached hydrogens (tertiary/aromatic N) is 1. The molecule has 1 aliphatic heterocycles. The Hall–Kier alpha value is -2.57. The van der Waals surface area contributed by atoms with Crippen LogP contribution in [0.3, 0.4) is 0 Å². The molecule has 0 radical (unpaired) electrons. The zero-order chi connectivity index (χ0) is 16.3. The summed E-state index contributed by atoms with van der Waals surface area (Å²) >= 11 is 0. The van der Waals surface area contributed by atoms with Gasteiger partial charge in [0.2, 0.25) is 0 Å². The molecule has 22 heavy (non-hydrogen) atoms. The van der Waals surface area contributed by atoms with Gasteiger partial charge in [0.05, 0.1) is 7.11 Å². The van der Waals surface area contributed by atoms with Crippen LogP contribution in [0.1, 0.15) is 24.2 Å². The quantitative estimate of drug-likeness (QED) is 0.809. The first-order valence-electron chi connectivity index (χ1n) is 6.91. The molecule has 0 atom stereocenters. The minimum Gasteiger partial charge on any atom is -0.467 e. The summed E-state index contributed by atoms with van der Waals surface area (Å²) in [5.74, 6) is -0.904. The van der Waals surface area contributed by atoms with Crippen LogP contribution in [0.5, 0.6) is 0 Å². The lowest BCUT2D eigenvalue weighted by molar-refractivity contribution is -0.146. The fourth-order valence-corrected chi connectivity index (χ4v) is 2.17. The molecule has 1 aromatic carbocycles. The Morgan fingerprint density at radius 1 is 1.27 bits per heavy atom. The minimum atomic E-state index is -1.11. The number of carbonyl (C=O) groups excluding carboxylic acids is 3.